The SMILES string of the molecule is CC[C@@]1(c2ccc(F)cc2)NC(=O)N(CC#N)C1=O. The van der Waals surface area contributed by atoms with Gasteiger partial charge in [0.05, 0.1) is 6.07 Å². The molecule has 0 unspecified atom stereocenters. The van der Waals surface area contributed by atoms with Gasteiger partial charge < -0.3 is 5.32 Å². The molecule has 1 saturated heterocycles. The molecule has 1 aromatic rings. The van der Waals surface area contributed by atoms with E-state index in [4.69, 9.17) is 5.26 Å². The van der Waals surface area contributed by atoms with Crippen LogP contribution in [0.4, 0.5) is 9.18 Å². The minimum absolute atomic E-state index is 0.298. The number of nitrogens with zero attached hydrogens (tertiary/aromatic N) is 2. The van der Waals surface area contributed by atoms with E-state index in [-0.39, 0.29) is 6.54 Å². The molecule has 0 aromatic heterocycles. The third-order valence-electron chi connectivity index (χ3n) is 3.27. The van der Waals surface area contributed by atoms with Crippen molar-refractivity contribution in [2.45, 2.75) is 18.9 Å². The molecule has 5 nitrogen and oxygen atoms in total. The fraction of sp³-hybridized carbons (Fsp3) is 0.308. The highest BCUT2D eigenvalue weighted by atomic mass is 19.1. The first kappa shape index (κ1) is 13.0. The van der Waals surface area contributed by atoms with Crippen LogP contribution >= 0.6 is 0 Å². The molecule has 1 N–H and O–H groups in total. The lowest BCUT2D eigenvalue weighted by Crippen LogP contribution is -2.43. The quantitative estimate of drug-likeness (QED) is 0.662. The number of nitriles is 1. The zero-order valence-corrected chi connectivity index (χ0v) is 10.3. The largest absolute Gasteiger partial charge is 0.326 e. The Labute approximate surface area is 109 Å². The Morgan fingerprint density at radius 1 is 1.37 bits per heavy atom. The van der Waals surface area contributed by atoms with Crippen molar-refractivity contribution in [2.24, 2.45) is 0 Å². The number of halogens is 1. The van der Waals surface area contributed by atoms with E-state index >= 15 is 0 Å². The van der Waals surface area contributed by atoms with E-state index in [2.05, 4.69) is 5.32 Å². The highest BCUT2D eigenvalue weighted by Crippen LogP contribution is 2.32. The molecule has 1 heterocycles. The maximum absolute atomic E-state index is 12.9. The second-order valence-corrected chi connectivity index (χ2v) is 4.25. The Morgan fingerprint density at radius 2 is 2.00 bits per heavy atom. The fourth-order valence-electron chi connectivity index (χ4n) is 2.21. The average molecular weight is 261 g/mol. The standard InChI is InChI=1S/C13H12FN3O2/c1-2-13(9-3-5-10(14)6-4-9)11(18)17(8-7-15)12(19)16-13/h3-6H,2,8H2,1H3,(H,16,19)/t13-/m0/s1. The van der Waals surface area contributed by atoms with Gasteiger partial charge in [0, 0.05) is 0 Å². The summed E-state index contributed by atoms with van der Waals surface area (Å²) in [5.41, 5.74) is -0.697. The van der Waals surface area contributed by atoms with Crippen LogP contribution in [0.2, 0.25) is 0 Å². The van der Waals surface area contributed by atoms with Crippen LogP contribution in [0.5, 0.6) is 0 Å². The van der Waals surface area contributed by atoms with Crippen LogP contribution in [0.1, 0.15) is 18.9 Å². The van der Waals surface area contributed by atoms with Crippen LogP contribution in [0, 0.1) is 17.1 Å². The lowest BCUT2D eigenvalue weighted by atomic mass is 9.87. The number of carbonyl (C=O) groups excluding carboxylic acids is 2. The molecular formula is C13H12FN3O2. The van der Waals surface area contributed by atoms with Gasteiger partial charge >= 0.3 is 6.03 Å². The second kappa shape index (κ2) is 4.69. The molecule has 3 amide bonds. The van der Waals surface area contributed by atoms with Gasteiger partial charge in [-0.3, -0.25) is 4.79 Å². The number of imide groups is 1. The van der Waals surface area contributed by atoms with Crippen molar-refractivity contribution < 1.29 is 14.0 Å². The molecule has 0 radical (unpaired) electrons. The van der Waals surface area contributed by atoms with Crippen molar-refractivity contribution in [2.75, 3.05) is 6.54 Å². The highest BCUT2D eigenvalue weighted by Gasteiger charge is 2.51. The average Bonchev–Trinajstić information content (AvgIpc) is 2.65. The summed E-state index contributed by atoms with van der Waals surface area (Å²) in [6.07, 6.45) is 0.325. The second-order valence-electron chi connectivity index (χ2n) is 4.25. The van der Waals surface area contributed by atoms with E-state index in [1.165, 1.54) is 24.3 Å². The third-order valence-corrected chi connectivity index (χ3v) is 3.27. The van der Waals surface area contributed by atoms with Gasteiger partial charge in [0.25, 0.3) is 5.91 Å². The Hall–Kier alpha value is -2.42. The monoisotopic (exact) mass is 261 g/mol. The lowest BCUT2D eigenvalue weighted by Gasteiger charge is -2.25. The predicted molar refractivity (Wildman–Crippen MR) is 64.2 cm³/mol. The number of nitrogens with one attached hydrogen (secondary N) is 1. The first-order valence-electron chi connectivity index (χ1n) is 5.82. The van der Waals surface area contributed by atoms with Crippen molar-refractivity contribution in [3.05, 3.63) is 35.6 Å². The van der Waals surface area contributed by atoms with Gasteiger partial charge in [0.1, 0.15) is 17.9 Å². The van der Waals surface area contributed by atoms with Crippen molar-refractivity contribution in [3.8, 4) is 6.07 Å². The van der Waals surface area contributed by atoms with Crippen LogP contribution in [0.25, 0.3) is 0 Å². The van der Waals surface area contributed by atoms with Crippen molar-refractivity contribution in [3.63, 3.8) is 0 Å². The lowest BCUT2D eigenvalue weighted by molar-refractivity contribution is -0.131. The predicted octanol–water partition coefficient (Wildman–Crippen LogP) is 1.51. The number of hydrogen-bond donors (Lipinski definition) is 1. The maximum Gasteiger partial charge on any atom is 0.326 e. The summed E-state index contributed by atoms with van der Waals surface area (Å²) in [5.74, 6) is -0.895. The van der Waals surface area contributed by atoms with Crippen LogP contribution in [0.3, 0.4) is 0 Å². The normalized spacial score (nSPS) is 22.3. The van der Waals surface area contributed by atoms with Crippen molar-refractivity contribution >= 4 is 11.9 Å². The molecule has 0 aliphatic carbocycles. The molecule has 19 heavy (non-hydrogen) atoms. The van der Waals surface area contributed by atoms with Crippen LogP contribution in [-0.4, -0.2) is 23.4 Å². The highest BCUT2D eigenvalue weighted by molar-refractivity contribution is 6.07. The van der Waals surface area contributed by atoms with Gasteiger partial charge in [-0.2, -0.15) is 5.26 Å². The maximum atomic E-state index is 12.9. The van der Waals surface area contributed by atoms with Gasteiger partial charge in [-0.25, -0.2) is 14.1 Å². The van der Waals surface area contributed by atoms with E-state index in [9.17, 15) is 14.0 Å². The summed E-state index contributed by atoms with van der Waals surface area (Å²) in [6, 6.07) is 6.58. The Balaban J connectivity index is 2.45. The Bertz CT molecular complexity index is 564. The zero-order chi connectivity index (χ0) is 14.0. The smallest absolute Gasteiger partial charge is 0.319 e. The summed E-state index contributed by atoms with van der Waals surface area (Å²) in [6.45, 7) is 1.45. The Morgan fingerprint density at radius 3 is 2.53 bits per heavy atom. The van der Waals surface area contributed by atoms with Crippen LogP contribution in [0.15, 0.2) is 24.3 Å². The molecule has 2 rings (SSSR count). The fourth-order valence-corrected chi connectivity index (χ4v) is 2.21. The molecule has 0 spiro atoms. The number of carbonyl (C=O) groups is 2. The van der Waals surface area contributed by atoms with Gasteiger partial charge in [0.2, 0.25) is 0 Å². The topological polar surface area (TPSA) is 73.2 Å². The summed E-state index contributed by atoms with van der Waals surface area (Å²) in [4.78, 5) is 25.0. The zero-order valence-electron chi connectivity index (χ0n) is 10.3. The molecular weight excluding hydrogens is 249 g/mol. The van der Waals surface area contributed by atoms with E-state index in [0.717, 1.165) is 4.90 Å². The van der Waals surface area contributed by atoms with E-state index in [1.54, 1.807) is 13.0 Å². The summed E-state index contributed by atoms with van der Waals surface area (Å²) in [5, 5.41) is 11.2. The number of benzene rings is 1. The molecule has 1 aliphatic rings. The first-order valence-corrected chi connectivity index (χ1v) is 5.82. The number of hydrogen-bond acceptors (Lipinski definition) is 3. The first-order chi connectivity index (χ1) is 9.05. The minimum Gasteiger partial charge on any atom is -0.319 e. The van der Waals surface area contributed by atoms with E-state index < -0.39 is 23.3 Å². The van der Waals surface area contributed by atoms with Crippen molar-refractivity contribution in [1.29, 1.82) is 5.26 Å². The molecule has 0 saturated carbocycles. The van der Waals surface area contributed by atoms with Gasteiger partial charge in [-0.1, -0.05) is 19.1 Å². The molecule has 1 atom stereocenters. The number of urea groups is 1. The van der Waals surface area contributed by atoms with E-state index in [0.29, 0.717) is 12.0 Å². The molecule has 6 heteroatoms. The molecule has 1 fully saturated rings. The summed E-state index contributed by atoms with van der Waals surface area (Å²) in [7, 11) is 0. The van der Waals surface area contributed by atoms with E-state index in [1.807, 2.05) is 0 Å². The molecule has 1 aromatic carbocycles. The Kier molecular flexibility index (Phi) is 3.21. The number of amides is 3. The summed E-state index contributed by atoms with van der Waals surface area (Å²) < 4.78 is 12.9. The third kappa shape index (κ3) is 1.93. The van der Waals surface area contributed by atoms with Gasteiger partial charge in [0.15, 0.2) is 0 Å². The van der Waals surface area contributed by atoms with Gasteiger partial charge in [-0.15, -0.1) is 0 Å². The van der Waals surface area contributed by atoms with Crippen molar-refractivity contribution in [1.82, 2.24) is 10.2 Å². The summed E-state index contributed by atoms with van der Waals surface area (Å²) >= 11 is 0. The molecule has 1 aliphatic heterocycles. The molecule has 0 bridgehead atoms. The van der Waals surface area contributed by atoms with Crippen LogP contribution < -0.4 is 5.32 Å². The van der Waals surface area contributed by atoms with Gasteiger partial charge in [-0.05, 0) is 24.1 Å². The minimum atomic E-state index is -1.21. The van der Waals surface area contributed by atoms with Crippen LogP contribution in [-0.2, 0) is 10.3 Å². The molecule has 98 valence electrons. The number of rotatable bonds is 3.